The molecule has 0 atom stereocenters. The van der Waals surface area contributed by atoms with Gasteiger partial charge in [-0.15, -0.1) is 0 Å². The lowest BCUT2D eigenvalue weighted by atomic mass is 10.3. The van der Waals surface area contributed by atoms with Gasteiger partial charge in [0.1, 0.15) is 17.3 Å². The molecule has 0 aliphatic carbocycles. The maximum atomic E-state index is 12.6. The van der Waals surface area contributed by atoms with E-state index in [0.29, 0.717) is 11.4 Å². The quantitative estimate of drug-likeness (QED) is 0.703. The molecule has 3 nitrogen and oxygen atoms in total. The number of hydrogen-bond acceptors (Lipinski definition) is 3. The van der Waals surface area contributed by atoms with E-state index in [1.807, 2.05) is 0 Å². The summed E-state index contributed by atoms with van der Waals surface area (Å²) >= 11 is 0. The minimum absolute atomic E-state index is 0.339. The molecule has 0 aromatic heterocycles. The third-order valence-electron chi connectivity index (χ3n) is 1.38. The molecule has 0 amide bonds. The summed E-state index contributed by atoms with van der Waals surface area (Å²) < 4.78 is 17.5. The number of anilines is 1. The highest BCUT2D eigenvalue weighted by molar-refractivity contribution is 5.54. The van der Waals surface area contributed by atoms with Crippen LogP contribution in [0.3, 0.4) is 0 Å². The van der Waals surface area contributed by atoms with Crippen molar-refractivity contribution in [1.29, 1.82) is 0 Å². The fraction of sp³-hybridized carbons (Fsp3) is 0.250. The molecule has 1 N–H and O–H groups in total. The molecule has 0 radical (unpaired) electrons. The normalized spacial score (nSPS) is 9.58. The van der Waals surface area contributed by atoms with Crippen LogP contribution in [0.5, 0.6) is 5.75 Å². The van der Waals surface area contributed by atoms with E-state index in [4.69, 9.17) is 4.74 Å². The second kappa shape index (κ2) is 3.92. The van der Waals surface area contributed by atoms with Crippen molar-refractivity contribution in [3.8, 4) is 5.75 Å². The summed E-state index contributed by atoms with van der Waals surface area (Å²) in [6.07, 6.45) is 0. The van der Waals surface area contributed by atoms with Crippen molar-refractivity contribution in [2.45, 2.75) is 0 Å². The summed E-state index contributed by atoms with van der Waals surface area (Å²) in [5, 5.41) is 0. The Morgan fingerprint density at radius 2 is 2.08 bits per heavy atom. The van der Waals surface area contributed by atoms with Crippen molar-refractivity contribution in [3.05, 3.63) is 24.0 Å². The molecule has 1 aromatic carbocycles. The molecule has 0 unspecified atom stereocenters. The van der Waals surface area contributed by atoms with Crippen LogP contribution in [0.15, 0.2) is 18.2 Å². The highest BCUT2D eigenvalue weighted by Gasteiger charge is 2.02. The van der Waals surface area contributed by atoms with Crippen LogP contribution in [0.4, 0.5) is 10.1 Å². The van der Waals surface area contributed by atoms with Gasteiger partial charge in [0.15, 0.2) is 0 Å². The number of rotatable bonds is 3. The molecule has 1 rings (SSSR count). The first-order chi connectivity index (χ1) is 5.77. The van der Waals surface area contributed by atoms with Gasteiger partial charge < -0.3 is 4.74 Å². The second-order valence-electron chi connectivity index (χ2n) is 2.15. The zero-order valence-electron chi connectivity index (χ0n) is 6.93. The van der Waals surface area contributed by atoms with E-state index in [1.165, 1.54) is 32.4 Å². The molecule has 0 aliphatic rings. The van der Waals surface area contributed by atoms with E-state index in [1.54, 1.807) is 0 Å². The van der Waals surface area contributed by atoms with E-state index >= 15 is 0 Å². The van der Waals surface area contributed by atoms with Crippen molar-refractivity contribution in [2.24, 2.45) is 0 Å². The van der Waals surface area contributed by atoms with Crippen LogP contribution in [0, 0.1) is 5.82 Å². The van der Waals surface area contributed by atoms with Crippen molar-refractivity contribution in [1.82, 2.24) is 0 Å². The first-order valence-electron chi connectivity index (χ1n) is 3.40. The van der Waals surface area contributed by atoms with Crippen LogP contribution >= 0.6 is 0 Å². The van der Waals surface area contributed by atoms with Gasteiger partial charge in [-0.25, -0.2) is 4.39 Å². The lowest BCUT2D eigenvalue weighted by Crippen LogP contribution is -1.98. The zero-order chi connectivity index (χ0) is 8.97. The molecule has 4 heteroatoms. The number of benzene rings is 1. The molecule has 0 bridgehead atoms. The number of ether oxygens (including phenoxy) is 1. The number of methoxy groups -OCH3 is 1. The predicted octanol–water partition coefficient (Wildman–Crippen LogP) is 1.81. The van der Waals surface area contributed by atoms with E-state index in [2.05, 4.69) is 10.3 Å². The SMILES string of the molecule is CONc1ccc(F)cc1OC. The maximum absolute atomic E-state index is 12.6. The Kier molecular flexibility index (Phi) is 2.88. The molecule has 0 heterocycles. The Bertz CT molecular complexity index is 265. The lowest BCUT2D eigenvalue weighted by molar-refractivity contribution is 0.268. The van der Waals surface area contributed by atoms with Gasteiger partial charge in [0, 0.05) is 6.07 Å². The zero-order valence-corrected chi connectivity index (χ0v) is 6.93. The molecule has 0 fully saturated rings. The Balaban J connectivity index is 2.94. The predicted molar refractivity (Wildman–Crippen MR) is 43.6 cm³/mol. The van der Waals surface area contributed by atoms with Gasteiger partial charge in [-0.1, -0.05) is 0 Å². The molecule has 0 aliphatic heterocycles. The highest BCUT2D eigenvalue weighted by atomic mass is 19.1. The van der Waals surface area contributed by atoms with Crippen molar-refractivity contribution in [3.63, 3.8) is 0 Å². The van der Waals surface area contributed by atoms with Crippen LogP contribution in [0.1, 0.15) is 0 Å². The van der Waals surface area contributed by atoms with Gasteiger partial charge in [-0.05, 0) is 12.1 Å². The van der Waals surface area contributed by atoms with Gasteiger partial charge >= 0.3 is 0 Å². The minimum atomic E-state index is -0.339. The van der Waals surface area contributed by atoms with Gasteiger partial charge in [0.05, 0.1) is 14.2 Å². The third-order valence-corrected chi connectivity index (χ3v) is 1.38. The molecule has 0 saturated heterocycles. The van der Waals surface area contributed by atoms with Crippen LogP contribution < -0.4 is 10.2 Å². The van der Waals surface area contributed by atoms with Crippen LogP contribution in [0.25, 0.3) is 0 Å². The van der Waals surface area contributed by atoms with Crippen molar-refractivity contribution >= 4 is 5.69 Å². The number of halogens is 1. The smallest absolute Gasteiger partial charge is 0.147 e. The van der Waals surface area contributed by atoms with Crippen molar-refractivity contribution in [2.75, 3.05) is 19.7 Å². The number of hydrogen-bond donors (Lipinski definition) is 1. The van der Waals surface area contributed by atoms with E-state index in [-0.39, 0.29) is 5.82 Å². The molecule has 0 saturated carbocycles. The first-order valence-corrected chi connectivity index (χ1v) is 3.40. The average Bonchev–Trinajstić information content (AvgIpc) is 2.08. The van der Waals surface area contributed by atoms with E-state index < -0.39 is 0 Å². The molecule has 66 valence electrons. The van der Waals surface area contributed by atoms with Crippen molar-refractivity contribution < 1.29 is 14.0 Å². The summed E-state index contributed by atoms with van der Waals surface area (Å²) in [5.74, 6) is 0.0744. The van der Waals surface area contributed by atoms with E-state index in [0.717, 1.165) is 0 Å². The van der Waals surface area contributed by atoms with Gasteiger partial charge in [0.2, 0.25) is 0 Å². The summed E-state index contributed by atoms with van der Waals surface area (Å²) in [5.41, 5.74) is 3.16. The molecule has 0 spiro atoms. The van der Waals surface area contributed by atoms with Gasteiger partial charge in [0.25, 0.3) is 0 Å². The first kappa shape index (κ1) is 8.80. The fourth-order valence-corrected chi connectivity index (χ4v) is 0.859. The van der Waals surface area contributed by atoms with Crippen LogP contribution in [-0.2, 0) is 4.84 Å². The average molecular weight is 171 g/mol. The van der Waals surface area contributed by atoms with E-state index in [9.17, 15) is 4.39 Å². The highest BCUT2D eigenvalue weighted by Crippen LogP contribution is 2.24. The Morgan fingerprint density at radius 3 is 2.67 bits per heavy atom. The topological polar surface area (TPSA) is 30.5 Å². The Hall–Kier alpha value is -1.29. The lowest BCUT2D eigenvalue weighted by Gasteiger charge is -2.08. The fourth-order valence-electron chi connectivity index (χ4n) is 0.859. The monoisotopic (exact) mass is 171 g/mol. The van der Waals surface area contributed by atoms with Gasteiger partial charge in [-0.3, -0.25) is 10.3 Å². The summed E-state index contributed by atoms with van der Waals surface area (Å²) in [4.78, 5) is 4.66. The number of nitrogens with one attached hydrogen (secondary N) is 1. The molecular formula is C8H10FNO2. The van der Waals surface area contributed by atoms with Gasteiger partial charge in [-0.2, -0.15) is 0 Å². The summed E-state index contributed by atoms with van der Waals surface area (Å²) in [6.45, 7) is 0. The molecule has 1 aromatic rings. The second-order valence-corrected chi connectivity index (χ2v) is 2.15. The third kappa shape index (κ3) is 1.85. The largest absolute Gasteiger partial charge is 0.494 e. The van der Waals surface area contributed by atoms with Crippen LogP contribution in [-0.4, -0.2) is 14.2 Å². The molecular weight excluding hydrogens is 161 g/mol. The Labute approximate surface area is 70.1 Å². The molecule has 12 heavy (non-hydrogen) atoms. The minimum Gasteiger partial charge on any atom is -0.494 e. The van der Waals surface area contributed by atoms with Crippen LogP contribution in [0.2, 0.25) is 0 Å². The summed E-state index contributed by atoms with van der Waals surface area (Å²) in [7, 11) is 2.94. The summed E-state index contributed by atoms with van der Waals surface area (Å²) in [6, 6.07) is 4.14. The Morgan fingerprint density at radius 1 is 1.33 bits per heavy atom. The standard InChI is InChI=1S/C8H10FNO2/c1-11-8-5-6(9)3-4-7(8)10-12-2/h3-5,10H,1-2H3. The maximum Gasteiger partial charge on any atom is 0.147 e.